The minimum atomic E-state index is -1.06. The SMILES string of the molecule is Cc1cnn(-c2ccc(-c3ccc(O[C@@H]4CC5CCCC(N5)[C@@H]4F)nn3)c(O)c2)n1. The van der Waals surface area contributed by atoms with Gasteiger partial charge in [-0.15, -0.1) is 10.2 Å². The summed E-state index contributed by atoms with van der Waals surface area (Å²) < 4.78 is 20.5. The van der Waals surface area contributed by atoms with Gasteiger partial charge in [0.15, 0.2) is 6.17 Å². The average molecular weight is 410 g/mol. The number of rotatable bonds is 4. The number of fused-ring (bicyclic) bond motifs is 2. The topological polar surface area (TPSA) is 98.0 Å². The Labute approximate surface area is 173 Å². The smallest absolute Gasteiger partial charge is 0.233 e. The maximum Gasteiger partial charge on any atom is 0.233 e. The molecule has 5 rings (SSSR count). The molecule has 0 saturated carbocycles. The summed E-state index contributed by atoms with van der Waals surface area (Å²) in [6.45, 7) is 1.85. The number of phenols is 1. The van der Waals surface area contributed by atoms with Gasteiger partial charge in [-0.3, -0.25) is 0 Å². The largest absolute Gasteiger partial charge is 0.507 e. The van der Waals surface area contributed by atoms with Crippen molar-refractivity contribution in [3.63, 3.8) is 0 Å². The Morgan fingerprint density at radius 3 is 2.83 bits per heavy atom. The zero-order valence-corrected chi connectivity index (χ0v) is 16.6. The first-order chi connectivity index (χ1) is 14.6. The van der Waals surface area contributed by atoms with Crippen molar-refractivity contribution in [1.82, 2.24) is 30.5 Å². The summed E-state index contributed by atoms with van der Waals surface area (Å²) in [5.41, 5.74) is 2.45. The van der Waals surface area contributed by atoms with Crippen molar-refractivity contribution in [3.8, 4) is 28.6 Å². The number of hydrogen-bond donors (Lipinski definition) is 2. The van der Waals surface area contributed by atoms with E-state index in [2.05, 4.69) is 25.7 Å². The number of aryl methyl sites for hydroxylation is 1. The van der Waals surface area contributed by atoms with Gasteiger partial charge in [0, 0.05) is 36.2 Å². The lowest BCUT2D eigenvalue weighted by Crippen LogP contribution is -2.59. The summed E-state index contributed by atoms with van der Waals surface area (Å²) in [7, 11) is 0. The summed E-state index contributed by atoms with van der Waals surface area (Å²) in [6.07, 6.45) is 3.65. The Morgan fingerprint density at radius 2 is 2.10 bits per heavy atom. The Bertz CT molecular complexity index is 1040. The van der Waals surface area contributed by atoms with Gasteiger partial charge in [0.2, 0.25) is 5.88 Å². The van der Waals surface area contributed by atoms with Crippen LogP contribution in [0.1, 0.15) is 31.4 Å². The molecule has 2 saturated heterocycles. The van der Waals surface area contributed by atoms with Crippen molar-refractivity contribution in [1.29, 1.82) is 0 Å². The maximum atomic E-state index is 14.7. The van der Waals surface area contributed by atoms with E-state index in [0.717, 1.165) is 25.0 Å². The molecule has 4 atom stereocenters. The van der Waals surface area contributed by atoms with Gasteiger partial charge in [-0.2, -0.15) is 15.0 Å². The number of nitrogens with zero attached hydrogens (tertiary/aromatic N) is 5. The first kappa shape index (κ1) is 18.9. The lowest BCUT2D eigenvalue weighted by atomic mass is 9.84. The average Bonchev–Trinajstić information content (AvgIpc) is 3.19. The van der Waals surface area contributed by atoms with Crippen molar-refractivity contribution >= 4 is 0 Å². The number of piperidine rings is 2. The first-order valence-corrected chi connectivity index (χ1v) is 10.2. The normalized spacial score (nSPS) is 25.8. The Morgan fingerprint density at radius 1 is 1.20 bits per heavy atom. The van der Waals surface area contributed by atoms with Crippen LogP contribution in [-0.4, -0.2) is 54.7 Å². The van der Waals surface area contributed by atoms with E-state index < -0.39 is 12.3 Å². The van der Waals surface area contributed by atoms with Crippen molar-refractivity contribution in [2.45, 2.75) is 57.0 Å². The molecule has 8 nitrogen and oxygen atoms in total. The Hall–Kier alpha value is -3.07. The maximum absolute atomic E-state index is 14.7. The van der Waals surface area contributed by atoms with E-state index in [1.807, 2.05) is 6.92 Å². The zero-order chi connectivity index (χ0) is 20.7. The van der Waals surface area contributed by atoms with Crippen LogP contribution in [0, 0.1) is 6.92 Å². The van der Waals surface area contributed by atoms with Crippen molar-refractivity contribution in [3.05, 3.63) is 42.2 Å². The molecule has 2 fully saturated rings. The fourth-order valence-electron chi connectivity index (χ4n) is 4.28. The molecule has 30 heavy (non-hydrogen) atoms. The molecule has 156 valence electrons. The summed E-state index contributed by atoms with van der Waals surface area (Å²) in [5, 5.41) is 30.4. The zero-order valence-electron chi connectivity index (χ0n) is 16.6. The van der Waals surface area contributed by atoms with Gasteiger partial charge in [0.25, 0.3) is 0 Å². The van der Waals surface area contributed by atoms with Crippen LogP contribution in [-0.2, 0) is 0 Å². The number of ether oxygens (including phenoxy) is 1. The number of phenolic OH excluding ortho intramolecular Hbond substituents is 1. The fraction of sp³-hybridized carbons (Fsp3) is 0.429. The lowest BCUT2D eigenvalue weighted by Gasteiger charge is -2.42. The third-order valence-corrected chi connectivity index (χ3v) is 5.78. The quantitative estimate of drug-likeness (QED) is 0.682. The van der Waals surface area contributed by atoms with E-state index in [1.165, 1.54) is 4.80 Å². The van der Waals surface area contributed by atoms with E-state index in [-0.39, 0.29) is 11.8 Å². The molecular formula is C21H23FN6O2. The number of alkyl halides is 1. The van der Waals surface area contributed by atoms with Gasteiger partial charge in [0.1, 0.15) is 11.9 Å². The molecule has 0 spiro atoms. The molecule has 3 aromatic rings. The molecule has 2 N–H and O–H groups in total. The molecule has 0 amide bonds. The van der Waals surface area contributed by atoms with E-state index in [9.17, 15) is 9.50 Å². The summed E-state index contributed by atoms with van der Waals surface area (Å²) in [6, 6.07) is 8.64. The second kappa shape index (κ2) is 7.64. The van der Waals surface area contributed by atoms with Crippen molar-refractivity contribution in [2.24, 2.45) is 0 Å². The highest BCUT2D eigenvalue weighted by molar-refractivity contribution is 5.68. The van der Waals surface area contributed by atoms with Crippen LogP contribution in [0.2, 0.25) is 0 Å². The molecule has 9 heteroatoms. The number of benzene rings is 1. The Kier molecular flexibility index (Phi) is 4.82. The van der Waals surface area contributed by atoms with E-state index in [4.69, 9.17) is 4.74 Å². The molecule has 4 heterocycles. The predicted molar refractivity (Wildman–Crippen MR) is 107 cm³/mol. The van der Waals surface area contributed by atoms with Crippen LogP contribution in [0.25, 0.3) is 16.9 Å². The highest BCUT2D eigenvalue weighted by atomic mass is 19.1. The van der Waals surface area contributed by atoms with Gasteiger partial charge >= 0.3 is 0 Å². The van der Waals surface area contributed by atoms with Crippen LogP contribution in [0.4, 0.5) is 4.39 Å². The van der Waals surface area contributed by atoms with Crippen molar-refractivity contribution < 1.29 is 14.2 Å². The molecule has 2 aliphatic rings. The minimum absolute atomic E-state index is 0.0421. The summed E-state index contributed by atoms with van der Waals surface area (Å²) in [5.74, 6) is 0.333. The lowest BCUT2D eigenvalue weighted by molar-refractivity contribution is 0.00652. The van der Waals surface area contributed by atoms with Gasteiger partial charge in [-0.1, -0.05) is 6.42 Å². The standard InChI is InChI=1S/C21H23FN6O2/c1-12-11-23-28(27-12)14-5-6-15(18(29)10-14)16-7-8-20(26-25-16)30-19-9-13-3-2-4-17(24-13)21(19)22/h5-8,10-11,13,17,19,21,24,29H,2-4,9H2,1H3/t13?,17?,19-,21+/m1/s1. The van der Waals surface area contributed by atoms with Crippen LogP contribution in [0.15, 0.2) is 36.5 Å². The Balaban J connectivity index is 1.31. The minimum Gasteiger partial charge on any atom is -0.507 e. The number of aromatic nitrogens is 5. The summed E-state index contributed by atoms with van der Waals surface area (Å²) >= 11 is 0. The molecule has 2 aliphatic heterocycles. The first-order valence-electron chi connectivity index (χ1n) is 10.2. The predicted octanol–water partition coefficient (Wildman–Crippen LogP) is 2.74. The third-order valence-electron chi connectivity index (χ3n) is 5.78. The molecule has 2 aromatic heterocycles. The summed E-state index contributed by atoms with van der Waals surface area (Å²) in [4.78, 5) is 1.45. The van der Waals surface area contributed by atoms with E-state index >= 15 is 0 Å². The van der Waals surface area contributed by atoms with E-state index in [1.54, 1.807) is 36.5 Å². The van der Waals surface area contributed by atoms with E-state index in [0.29, 0.717) is 35.3 Å². The molecular weight excluding hydrogens is 387 g/mol. The number of nitrogens with one attached hydrogen (secondary N) is 1. The number of hydrogen-bond acceptors (Lipinski definition) is 7. The second-order valence-electron chi connectivity index (χ2n) is 7.97. The molecule has 0 radical (unpaired) electrons. The van der Waals surface area contributed by atoms with Gasteiger partial charge in [0.05, 0.1) is 23.3 Å². The van der Waals surface area contributed by atoms with Crippen LogP contribution in [0.3, 0.4) is 0 Å². The number of aromatic hydroxyl groups is 1. The number of halogens is 1. The highest BCUT2D eigenvalue weighted by Crippen LogP contribution is 2.32. The van der Waals surface area contributed by atoms with Crippen molar-refractivity contribution in [2.75, 3.05) is 0 Å². The van der Waals surface area contributed by atoms with Crippen LogP contribution in [0.5, 0.6) is 11.6 Å². The van der Waals surface area contributed by atoms with Gasteiger partial charge in [-0.25, -0.2) is 4.39 Å². The molecule has 2 bridgehead atoms. The van der Waals surface area contributed by atoms with Crippen LogP contribution < -0.4 is 10.1 Å². The monoisotopic (exact) mass is 410 g/mol. The second-order valence-corrected chi connectivity index (χ2v) is 7.97. The third kappa shape index (κ3) is 3.60. The molecule has 1 aromatic carbocycles. The fourth-order valence-corrected chi connectivity index (χ4v) is 4.28. The highest BCUT2D eigenvalue weighted by Gasteiger charge is 2.41. The van der Waals surface area contributed by atoms with Crippen LogP contribution >= 0.6 is 0 Å². The van der Waals surface area contributed by atoms with Gasteiger partial charge < -0.3 is 15.2 Å². The molecule has 2 unspecified atom stereocenters. The molecule has 0 aliphatic carbocycles. The van der Waals surface area contributed by atoms with Gasteiger partial charge in [-0.05, 0) is 38.0 Å².